The number of pyridine rings is 1. The molecule has 3 atom stereocenters. The lowest BCUT2D eigenvalue weighted by molar-refractivity contribution is -0.0593. The maximum atomic E-state index is 14.9. The summed E-state index contributed by atoms with van der Waals surface area (Å²) in [5.41, 5.74) is 0.446. The Morgan fingerprint density at radius 2 is 2.07 bits per heavy atom. The van der Waals surface area contributed by atoms with Crippen molar-refractivity contribution in [2.75, 3.05) is 13.2 Å². The van der Waals surface area contributed by atoms with Gasteiger partial charge in [0.1, 0.15) is 41.5 Å². The van der Waals surface area contributed by atoms with E-state index >= 15 is 0 Å². The van der Waals surface area contributed by atoms with Crippen LogP contribution in [0.3, 0.4) is 0 Å². The summed E-state index contributed by atoms with van der Waals surface area (Å²) in [6, 6.07) is 7.12. The van der Waals surface area contributed by atoms with Gasteiger partial charge in [-0.25, -0.2) is 28.5 Å². The zero-order valence-electron chi connectivity index (χ0n) is 23.8. The van der Waals surface area contributed by atoms with Gasteiger partial charge in [-0.2, -0.15) is 10.2 Å². The Hall–Kier alpha value is -4.74. The summed E-state index contributed by atoms with van der Waals surface area (Å²) in [5.74, 6) is -1.16. The third kappa shape index (κ3) is 6.29. The van der Waals surface area contributed by atoms with Gasteiger partial charge in [0, 0.05) is 31.5 Å². The highest BCUT2D eigenvalue weighted by atomic mass is 19.1. The van der Waals surface area contributed by atoms with Crippen molar-refractivity contribution in [3.05, 3.63) is 71.1 Å². The Kier molecular flexibility index (Phi) is 8.32. The molecule has 5 heterocycles. The SMILES string of the molecule is C[C@H]1C[C@@H](Oc2ccnc(COc3ncc(F)cc3C#N)n2)CCN1Cc1nc2c(F)cc(C(=O)O)cc2n1C[C@@H]1CCO1. The van der Waals surface area contributed by atoms with Crippen molar-refractivity contribution in [3.8, 4) is 17.8 Å². The zero-order chi connectivity index (χ0) is 30.8. The van der Waals surface area contributed by atoms with Crippen LogP contribution in [0.4, 0.5) is 8.78 Å². The zero-order valence-corrected chi connectivity index (χ0v) is 23.8. The molecule has 0 unspecified atom stereocenters. The summed E-state index contributed by atoms with van der Waals surface area (Å²) >= 11 is 0. The van der Waals surface area contributed by atoms with Gasteiger partial charge < -0.3 is 23.9 Å². The molecular formula is C30H29F2N7O5. The van der Waals surface area contributed by atoms with Crippen LogP contribution in [0.2, 0.25) is 0 Å². The number of carboxylic acid groups (broad SMARTS) is 1. The van der Waals surface area contributed by atoms with E-state index in [4.69, 9.17) is 14.2 Å². The maximum Gasteiger partial charge on any atom is 0.335 e. The second kappa shape index (κ2) is 12.5. The number of rotatable bonds is 10. The number of benzene rings is 1. The van der Waals surface area contributed by atoms with Crippen molar-refractivity contribution in [2.24, 2.45) is 0 Å². The van der Waals surface area contributed by atoms with E-state index in [1.807, 2.05) is 10.6 Å². The molecule has 0 radical (unpaired) electrons. The Morgan fingerprint density at radius 3 is 2.80 bits per heavy atom. The number of nitriles is 1. The minimum absolute atomic E-state index is 0.0103. The topological polar surface area (TPSA) is 149 Å². The number of hydrogen-bond donors (Lipinski definition) is 1. The monoisotopic (exact) mass is 605 g/mol. The number of aromatic nitrogens is 5. The van der Waals surface area contributed by atoms with Gasteiger partial charge in [0.05, 0.1) is 36.5 Å². The summed E-state index contributed by atoms with van der Waals surface area (Å²) in [5, 5.41) is 18.7. The molecule has 12 nitrogen and oxygen atoms in total. The van der Waals surface area contributed by atoms with Crippen LogP contribution in [0.15, 0.2) is 36.7 Å². The minimum atomic E-state index is -1.20. The van der Waals surface area contributed by atoms with Crippen LogP contribution < -0.4 is 9.47 Å². The second-order valence-corrected chi connectivity index (χ2v) is 10.9. The summed E-state index contributed by atoms with van der Waals surface area (Å²) in [6.07, 6.45) is 4.65. The van der Waals surface area contributed by atoms with E-state index in [0.29, 0.717) is 62.1 Å². The predicted molar refractivity (Wildman–Crippen MR) is 150 cm³/mol. The van der Waals surface area contributed by atoms with E-state index in [9.17, 15) is 23.9 Å². The number of likely N-dealkylation sites (tertiary alicyclic amines) is 1. The summed E-state index contributed by atoms with van der Waals surface area (Å²) in [7, 11) is 0. The van der Waals surface area contributed by atoms with Crippen LogP contribution in [-0.4, -0.2) is 71.9 Å². The highest BCUT2D eigenvalue weighted by Gasteiger charge is 2.30. The number of carbonyl (C=O) groups is 1. The van der Waals surface area contributed by atoms with Gasteiger partial charge in [0.15, 0.2) is 11.6 Å². The van der Waals surface area contributed by atoms with Crippen molar-refractivity contribution in [3.63, 3.8) is 0 Å². The van der Waals surface area contributed by atoms with Crippen LogP contribution in [0.1, 0.15) is 53.8 Å². The van der Waals surface area contributed by atoms with Crippen LogP contribution >= 0.6 is 0 Å². The first-order chi connectivity index (χ1) is 21.3. The number of imidazole rings is 1. The van der Waals surface area contributed by atoms with E-state index in [2.05, 4.69) is 31.8 Å². The maximum absolute atomic E-state index is 14.9. The third-order valence-corrected chi connectivity index (χ3v) is 7.87. The first kappa shape index (κ1) is 29.3. The lowest BCUT2D eigenvalue weighted by Gasteiger charge is -2.37. The molecule has 44 heavy (non-hydrogen) atoms. The van der Waals surface area contributed by atoms with E-state index < -0.39 is 17.6 Å². The van der Waals surface area contributed by atoms with E-state index in [0.717, 1.165) is 24.8 Å². The van der Waals surface area contributed by atoms with Gasteiger partial charge in [-0.3, -0.25) is 4.90 Å². The fraction of sp³-hybridized carbons (Fsp3) is 0.400. The molecule has 14 heteroatoms. The van der Waals surface area contributed by atoms with Crippen molar-refractivity contribution in [1.29, 1.82) is 5.26 Å². The molecule has 2 aliphatic heterocycles. The van der Waals surface area contributed by atoms with Crippen LogP contribution in [0.5, 0.6) is 11.8 Å². The molecule has 0 bridgehead atoms. The lowest BCUT2D eigenvalue weighted by Crippen LogP contribution is -2.44. The highest BCUT2D eigenvalue weighted by molar-refractivity contribution is 5.92. The fourth-order valence-corrected chi connectivity index (χ4v) is 5.45. The predicted octanol–water partition coefficient (Wildman–Crippen LogP) is 3.87. The molecule has 0 aliphatic carbocycles. The number of fused-ring (bicyclic) bond motifs is 1. The molecule has 6 rings (SSSR count). The number of hydrogen-bond acceptors (Lipinski definition) is 10. The largest absolute Gasteiger partial charge is 0.478 e. The third-order valence-electron chi connectivity index (χ3n) is 7.87. The van der Waals surface area contributed by atoms with Gasteiger partial charge in [0.2, 0.25) is 11.8 Å². The molecule has 4 aromatic rings. The quantitative estimate of drug-likeness (QED) is 0.281. The van der Waals surface area contributed by atoms with Gasteiger partial charge in [-0.05, 0) is 44.4 Å². The molecule has 228 valence electrons. The number of ether oxygens (including phenoxy) is 3. The Labute approximate surface area is 250 Å². The molecule has 2 saturated heterocycles. The Morgan fingerprint density at radius 1 is 1.23 bits per heavy atom. The number of carboxylic acids is 1. The van der Waals surface area contributed by atoms with E-state index in [-0.39, 0.29) is 47.4 Å². The fourth-order valence-electron chi connectivity index (χ4n) is 5.45. The summed E-state index contributed by atoms with van der Waals surface area (Å²) in [6.45, 7) is 4.28. The van der Waals surface area contributed by atoms with E-state index in [1.54, 1.807) is 12.3 Å². The first-order valence-electron chi connectivity index (χ1n) is 14.2. The number of nitrogens with zero attached hydrogens (tertiary/aromatic N) is 7. The van der Waals surface area contributed by atoms with Gasteiger partial charge in [-0.1, -0.05) is 0 Å². The van der Waals surface area contributed by atoms with Gasteiger partial charge >= 0.3 is 5.97 Å². The Balaban J connectivity index is 1.11. The van der Waals surface area contributed by atoms with Crippen molar-refractivity contribution in [2.45, 2.75) is 64.1 Å². The standard InChI is InChI=1S/C30H29F2N7O5/c1-17-8-21(44-27-2-5-34-25(36-27)16-43-29-19(12-33)9-20(31)13-35-29)3-6-38(17)15-26-37-28-23(32)10-18(30(40)41)11-24(28)39(26)14-22-4-7-42-22/h2,5,9-11,13,17,21-22H,3-4,6-8,14-16H2,1H3,(H,40,41)/t17-,21-,22-/m0/s1. The van der Waals surface area contributed by atoms with Crippen molar-refractivity contribution < 1.29 is 32.9 Å². The summed E-state index contributed by atoms with van der Waals surface area (Å²) < 4.78 is 47.5. The number of piperidine rings is 1. The first-order valence-corrected chi connectivity index (χ1v) is 14.2. The lowest BCUT2D eigenvalue weighted by atomic mass is 10.0. The number of halogens is 2. The molecule has 1 N–H and O–H groups in total. The van der Waals surface area contributed by atoms with Crippen LogP contribution in [-0.2, 0) is 24.4 Å². The minimum Gasteiger partial charge on any atom is -0.478 e. The molecule has 0 saturated carbocycles. The second-order valence-electron chi connectivity index (χ2n) is 10.9. The van der Waals surface area contributed by atoms with Crippen molar-refractivity contribution >= 4 is 17.0 Å². The Bertz CT molecular complexity index is 1740. The molecule has 2 aliphatic rings. The average molecular weight is 606 g/mol. The molecule has 1 aromatic carbocycles. The summed E-state index contributed by atoms with van der Waals surface area (Å²) in [4.78, 5) is 30.9. The molecule has 2 fully saturated rings. The molecule has 0 spiro atoms. The smallest absolute Gasteiger partial charge is 0.335 e. The molecular weight excluding hydrogens is 576 g/mol. The average Bonchev–Trinajstić information content (AvgIpc) is 3.33. The van der Waals surface area contributed by atoms with Gasteiger partial charge in [0.25, 0.3) is 0 Å². The highest BCUT2D eigenvalue weighted by Crippen LogP contribution is 2.28. The normalized spacial score (nSPS) is 20.2. The van der Waals surface area contributed by atoms with Crippen LogP contribution in [0, 0.1) is 23.0 Å². The van der Waals surface area contributed by atoms with Crippen LogP contribution in [0.25, 0.3) is 11.0 Å². The van der Waals surface area contributed by atoms with Crippen molar-refractivity contribution in [1.82, 2.24) is 29.4 Å². The molecule has 0 amide bonds. The number of aromatic carboxylic acids is 1. The van der Waals surface area contributed by atoms with Gasteiger partial charge in [-0.15, -0.1) is 0 Å². The molecule has 3 aromatic heterocycles. The van der Waals surface area contributed by atoms with E-state index in [1.165, 1.54) is 6.07 Å².